The number of hydrogen-bond donors (Lipinski definition) is 4. The van der Waals surface area contributed by atoms with Crippen LogP contribution >= 0.6 is 12.8 Å². The van der Waals surface area contributed by atoms with Crippen molar-refractivity contribution in [3.63, 3.8) is 0 Å². The lowest BCUT2D eigenvalue weighted by atomic mass is 10.2. The van der Waals surface area contributed by atoms with Crippen LogP contribution in [0.1, 0.15) is 6.42 Å². The van der Waals surface area contributed by atoms with Gasteiger partial charge in [0.15, 0.2) is 0 Å². The molecule has 5 N–H and O–H groups in total. The summed E-state index contributed by atoms with van der Waals surface area (Å²) in [7, 11) is 0. The molecule has 1 amide bonds. The predicted octanol–water partition coefficient (Wildman–Crippen LogP) is -1.38. The van der Waals surface area contributed by atoms with Gasteiger partial charge >= 0.3 is 0 Å². The number of hydrogen-bond acceptors (Lipinski definition) is 4. The van der Waals surface area contributed by atoms with Gasteiger partial charge in [-0.15, -0.1) is 0 Å². The molecule has 0 aliphatic rings. The van der Waals surface area contributed by atoms with Crippen LogP contribution in [-0.2, 0) is 4.79 Å². The Bertz CT molecular complexity index is 97.8. The second-order valence-corrected chi connectivity index (χ2v) is 1.92. The molecule has 0 aliphatic heterocycles. The highest BCUT2D eigenvalue weighted by molar-refractivity contribution is 7.78. The number of carbonyl (C=O) groups is 1. The normalized spacial score (nSPS) is 13.1. The summed E-state index contributed by atoms with van der Waals surface area (Å²) in [6.07, 6.45) is 0.527. The quantitative estimate of drug-likeness (QED) is 0.372. The van der Waals surface area contributed by atoms with Crippen molar-refractivity contribution in [2.75, 3.05) is 6.54 Å². The molecule has 0 saturated carbocycles. The van der Waals surface area contributed by atoms with E-state index in [1.807, 2.05) is 0 Å². The van der Waals surface area contributed by atoms with Gasteiger partial charge in [0.2, 0.25) is 5.91 Å². The first-order chi connectivity index (χ1) is 4.22. The van der Waals surface area contributed by atoms with Gasteiger partial charge in [-0.05, 0) is 13.0 Å². The van der Waals surface area contributed by atoms with Crippen molar-refractivity contribution in [2.45, 2.75) is 12.5 Å². The number of carbonyl (C=O) groups excluding carboxylic acids is 1. The highest BCUT2D eigenvalue weighted by Crippen LogP contribution is 1.88. The maximum atomic E-state index is 10.4. The third-order valence-corrected chi connectivity index (χ3v) is 1.27. The first-order valence-corrected chi connectivity index (χ1v) is 3.06. The topological polar surface area (TPSA) is 81.1 Å². The maximum absolute atomic E-state index is 10.4. The van der Waals surface area contributed by atoms with Gasteiger partial charge in [0.1, 0.15) is 0 Å². The summed E-state index contributed by atoms with van der Waals surface area (Å²) in [4.78, 5) is 10.4. The highest BCUT2D eigenvalue weighted by Gasteiger charge is 2.10. The Morgan fingerprint density at radius 1 is 1.78 bits per heavy atom. The van der Waals surface area contributed by atoms with E-state index in [0.717, 1.165) is 0 Å². The van der Waals surface area contributed by atoms with E-state index in [9.17, 15) is 4.79 Å². The molecule has 0 aromatic heterocycles. The molecule has 0 saturated heterocycles. The summed E-state index contributed by atoms with van der Waals surface area (Å²) in [6, 6.07) is -0.404. The minimum atomic E-state index is -0.421. The summed E-state index contributed by atoms with van der Waals surface area (Å²) in [5.74, 6) is -0.421. The van der Waals surface area contributed by atoms with Crippen LogP contribution in [0.25, 0.3) is 0 Å². The van der Waals surface area contributed by atoms with Crippen molar-refractivity contribution < 1.29 is 4.79 Å². The van der Waals surface area contributed by atoms with E-state index in [4.69, 9.17) is 11.5 Å². The van der Waals surface area contributed by atoms with Gasteiger partial charge in [0, 0.05) is 0 Å². The third-order valence-electron chi connectivity index (χ3n) is 0.955. The maximum Gasteiger partial charge on any atom is 0.235 e. The molecule has 5 heteroatoms. The zero-order valence-corrected chi connectivity index (χ0v) is 5.90. The third kappa shape index (κ3) is 3.34. The predicted molar refractivity (Wildman–Crippen MR) is 38.8 cm³/mol. The Hall–Kier alpha value is -0.260. The van der Waals surface area contributed by atoms with Crippen molar-refractivity contribution in [1.82, 2.24) is 4.72 Å². The largest absolute Gasteiger partial charge is 0.368 e. The molecule has 0 fully saturated rings. The number of nitrogens with two attached hydrogens (primary N) is 2. The molecule has 0 bridgehead atoms. The average Bonchev–Trinajstić information content (AvgIpc) is 1.82. The minimum Gasteiger partial charge on any atom is -0.368 e. The SMILES string of the molecule is NCCC(NS)C(N)=O. The summed E-state index contributed by atoms with van der Waals surface area (Å²) >= 11 is 3.68. The lowest BCUT2D eigenvalue weighted by Gasteiger charge is -2.07. The standard InChI is InChI=1S/C4H11N3OS/c5-2-1-3(7-9)4(6)8/h3,7,9H,1-2,5H2,(H2,6,8). The van der Waals surface area contributed by atoms with E-state index in [1.54, 1.807) is 0 Å². The molecular weight excluding hydrogens is 138 g/mol. The highest BCUT2D eigenvalue weighted by atomic mass is 32.1. The van der Waals surface area contributed by atoms with Crippen molar-refractivity contribution in [2.24, 2.45) is 11.5 Å². The van der Waals surface area contributed by atoms with Crippen LogP contribution in [-0.4, -0.2) is 18.5 Å². The average molecular weight is 149 g/mol. The summed E-state index contributed by atoms with van der Waals surface area (Å²) in [6.45, 7) is 0.432. The van der Waals surface area contributed by atoms with Gasteiger partial charge in [-0.25, -0.2) is 0 Å². The molecule has 1 atom stereocenters. The Kier molecular flexibility index (Phi) is 4.47. The molecule has 0 aromatic carbocycles. The van der Waals surface area contributed by atoms with Crippen LogP contribution in [0.2, 0.25) is 0 Å². The Morgan fingerprint density at radius 3 is 2.44 bits per heavy atom. The molecule has 0 radical (unpaired) electrons. The van der Waals surface area contributed by atoms with E-state index in [1.165, 1.54) is 0 Å². The molecule has 0 aliphatic carbocycles. The fraction of sp³-hybridized carbons (Fsp3) is 0.750. The summed E-state index contributed by atoms with van der Waals surface area (Å²) < 4.78 is 2.44. The van der Waals surface area contributed by atoms with Crippen LogP contribution in [0.15, 0.2) is 0 Å². The van der Waals surface area contributed by atoms with E-state index in [0.29, 0.717) is 13.0 Å². The Balaban J connectivity index is 3.54. The minimum absolute atomic E-state index is 0.404. The summed E-state index contributed by atoms with van der Waals surface area (Å²) in [5.41, 5.74) is 10.1. The first kappa shape index (κ1) is 8.74. The van der Waals surface area contributed by atoms with E-state index in [-0.39, 0.29) is 0 Å². The van der Waals surface area contributed by atoms with Gasteiger partial charge in [-0.3, -0.25) is 9.52 Å². The van der Waals surface area contributed by atoms with Crippen molar-refractivity contribution in [3.05, 3.63) is 0 Å². The molecule has 0 rings (SSSR count). The van der Waals surface area contributed by atoms with Crippen molar-refractivity contribution >= 4 is 18.7 Å². The second kappa shape index (κ2) is 4.60. The molecule has 0 aromatic rings. The van der Waals surface area contributed by atoms with Gasteiger partial charge in [-0.2, -0.15) is 0 Å². The van der Waals surface area contributed by atoms with Crippen LogP contribution < -0.4 is 16.2 Å². The van der Waals surface area contributed by atoms with Crippen LogP contribution in [0.4, 0.5) is 0 Å². The fourth-order valence-electron chi connectivity index (χ4n) is 0.437. The molecule has 9 heavy (non-hydrogen) atoms. The monoisotopic (exact) mass is 149 g/mol. The van der Waals surface area contributed by atoms with Gasteiger partial charge in [-0.1, -0.05) is 12.8 Å². The molecule has 0 spiro atoms. The molecule has 1 unspecified atom stereocenters. The first-order valence-electron chi connectivity index (χ1n) is 2.61. The zero-order chi connectivity index (χ0) is 7.28. The number of nitrogens with one attached hydrogen (secondary N) is 1. The number of amides is 1. The smallest absolute Gasteiger partial charge is 0.235 e. The van der Waals surface area contributed by atoms with Crippen molar-refractivity contribution in [3.8, 4) is 0 Å². The van der Waals surface area contributed by atoms with Crippen LogP contribution in [0.5, 0.6) is 0 Å². The summed E-state index contributed by atoms with van der Waals surface area (Å²) in [5, 5.41) is 0. The molecular formula is C4H11N3OS. The Morgan fingerprint density at radius 2 is 2.33 bits per heavy atom. The molecule has 54 valence electrons. The van der Waals surface area contributed by atoms with Gasteiger partial charge in [0.25, 0.3) is 0 Å². The van der Waals surface area contributed by atoms with Crippen LogP contribution in [0.3, 0.4) is 0 Å². The van der Waals surface area contributed by atoms with Gasteiger partial charge in [0.05, 0.1) is 6.04 Å². The molecule has 4 nitrogen and oxygen atoms in total. The van der Waals surface area contributed by atoms with E-state index in [2.05, 4.69) is 17.5 Å². The number of rotatable bonds is 4. The van der Waals surface area contributed by atoms with E-state index >= 15 is 0 Å². The lowest BCUT2D eigenvalue weighted by molar-refractivity contribution is -0.119. The van der Waals surface area contributed by atoms with E-state index < -0.39 is 11.9 Å². The Labute approximate surface area is 59.5 Å². The molecule has 0 heterocycles. The fourth-order valence-corrected chi connectivity index (χ4v) is 0.693. The zero-order valence-electron chi connectivity index (χ0n) is 5.00. The lowest BCUT2D eigenvalue weighted by Crippen LogP contribution is -2.38. The van der Waals surface area contributed by atoms with Crippen LogP contribution in [0, 0.1) is 0 Å². The van der Waals surface area contributed by atoms with Crippen molar-refractivity contribution in [1.29, 1.82) is 0 Å². The number of thiol groups is 1. The van der Waals surface area contributed by atoms with Gasteiger partial charge < -0.3 is 11.5 Å². The number of primary amides is 1. The second-order valence-electron chi connectivity index (χ2n) is 1.66.